The molecule has 1 saturated heterocycles. The van der Waals surface area contributed by atoms with Crippen molar-refractivity contribution in [3.63, 3.8) is 0 Å². The van der Waals surface area contributed by atoms with Gasteiger partial charge in [0, 0.05) is 5.41 Å². The zero-order chi connectivity index (χ0) is 17.2. The Bertz CT molecular complexity index is 658. The smallest absolute Gasteiger partial charge is 0.126 e. The molecule has 3 nitrogen and oxygen atoms in total. The Hall–Kier alpha value is -1.94. The average Bonchev–Trinajstić information content (AvgIpc) is 3.38. The van der Waals surface area contributed by atoms with Crippen LogP contribution in [0.1, 0.15) is 31.9 Å². The first-order chi connectivity index (χ1) is 11.4. The number of rotatable bonds is 7. The van der Waals surface area contributed by atoms with E-state index < -0.39 is 0 Å². The largest absolute Gasteiger partial charge is 0.501 e. The Labute approximate surface area is 145 Å². The van der Waals surface area contributed by atoms with Gasteiger partial charge in [0.25, 0.3) is 0 Å². The Morgan fingerprint density at radius 2 is 1.54 bits per heavy atom. The highest BCUT2D eigenvalue weighted by molar-refractivity contribution is 6.10. The topological polar surface area (TPSA) is 31.0 Å². The highest BCUT2D eigenvalue weighted by Crippen LogP contribution is 2.33. The molecule has 0 bridgehead atoms. The standard InChI is InChI=1S/C20H23BO3/c1-14(21)24-18-10-6-16(7-11-18)20(2,3)15-4-8-17(9-5-15)22-12-19-13-23-19/h4-11,14,19H,12-13H2,1-3H3. The molecule has 0 N–H and O–H groups in total. The Balaban J connectivity index is 1.71. The van der Waals surface area contributed by atoms with Gasteiger partial charge in [0.05, 0.1) is 12.6 Å². The van der Waals surface area contributed by atoms with Gasteiger partial charge in [-0.25, -0.2) is 0 Å². The van der Waals surface area contributed by atoms with Crippen LogP contribution in [0.4, 0.5) is 0 Å². The van der Waals surface area contributed by atoms with Crippen LogP contribution < -0.4 is 9.47 Å². The Kier molecular flexibility index (Phi) is 4.86. The van der Waals surface area contributed by atoms with E-state index in [2.05, 4.69) is 38.1 Å². The lowest BCUT2D eigenvalue weighted by Gasteiger charge is -2.26. The minimum atomic E-state index is -0.308. The molecule has 2 aromatic rings. The van der Waals surface area contributed by atoms with E-state index in [1.54, 1.807) is 0 Å². The minimum absolute atomic E-state index is 0.106. The van der Waals surface area contributed by atoms with Crippen molar-refractivity contribution in [1.82, 2.24) is 0 Å². The van der Waals surface area contributed by atoms with Crippen LogP contribution in [-0.2, 0) is 10.2 Å². The number of ether oxygens (including phenoxy) is 3. The first-order valence-electron chi connectivity index (χ1n) is 8.33. The molecule has 1 aliphatic heterocycles. The molecule has 1 aliphatic rings. The van der Waals surface area contributed by atoms with Gasteiger partial charge >= 0.3 is 0 Å². The van der Waals surface area contributed by atoms with Gasteiger partial charge in [-0.3, -0.25) is 0 Å². The molecular weight excluding hydrogens is 299 g/mol. The molecule has 2 unspecified atom stereocenters. The van der Waals surface area contributed by atoms with E-state index in [9.17, 15) is 0 Å². The fraction of sp³-hybridized carbons (Fsp3) is 0.400. The monoisotopic (exact) mass is 322 g/mol. The van der Waals surface area contributed by atoms with Crippen molar-refractivity contribution in [3.05, 3.63) is 59.7 Å². The predicted molar refractivity (Wildman–Crippen MR) is 96.1 cm³/mol. The summed E-state index contributed by atoms with van der Waals surface area (Å²) in [5.41, 5.74) is 2.35. The zero-order valence-corrected chi connectivity index (χ0v) is 14.5. The molecular formula is C20H23BO3. The summed E-state index contributed by atoms with van der Waals surface area (Å²) in [4.78, 5) is 0. The number of benzene rings is 2. The van der Waals surface area contributed by atoms with Crippen LogP contribution in [0.5, 0.6) is 11.5 Å². The summed E-state index contributed by atoms with van der Waals surface area (Å²) in [5, 5.41) is 0. The van der Waals surface area contributed by atoms with Crippen LogP contribution in [0.3, 0.4) is 0 Å². The summed E-state index contributed by atoms with van der Waals surface area (Å²) in [6.45, 7) is 7.68. The van der Waals surface area contributed by atoms with E-state index in [4.69, 9.17) is 22.1 Å². The second-order valence-electron chi connectivity index (χ2n) is 6.76. The van der Waals surface area contributed by atoms with Crippen molar-refractivity contribution in [3.8, 4) is 11.5 Å². The van der Waals surface area contributed by atoms with Gasteiger partial charge in [0.1, 0.15) is 32.1 Å². The van der Waals surface area contributed by atoms with E-state index in [-0.39, 0.29) is 17.5 Å². The first kappa shape index (κ1) is 16.9. The van der Waals surface area contributed by atoms with Crippen molar-refractivity contribution < 1.29 is 14.2 Å². The maximum atomic E-state index is 5.70. The molecule has 0 aliphatic carbocycles. The van der Waals surface area contributed by atoms with Gasteiger partial charge in [0.2, 0.25) is 0 Å². The quantitative estimate of drug-likeness (QED) is 0.575. The van der Waals surface area contributed by atoms with Crippen LogP contribution in [0.25, 0.3) is 0 Å². The summed E-state index contributed by atoms with van der Waals surface area (Å²) in [6, 6.07) is 16.1. The van der Waals surface area contributed by atoms with Crippen molar-refractivity contribution in [2.45, 2.75) is 38.3 Å². The SMILES string of the molecule is [B]C(C)Oc1ccc(C(C)(C)c2ccc(OCC3CO3)cc2)cc1. The second kappa shape index (κ2) is 6.90. The van der Waals surface area contributed by atoms with Crippen LogP contribution in [0, 0.1) is 0 Å². The van der Waals surface area contributed by atoms with Crippen molar-refractivity contribution >= 4 is 7.85 Å². The maximum absolute atomic E-state index is 5.70. The third kappa shape index (κ3) is 4.12. The third-order valence-corrected chi connectivity index (χ3v) is 4.31. The summed E-state index contributed by atoms with van der Waals surface area (Å²) in [7, 11) is 5.66. The lowest BCUT2D eigenvalue weighted by atomic mass is 9.78. The van der Waals surface area contributed by atoms with Crippen molar-refractivity contribution in [2.24, 2.45) is 0 Å². The first-order valence-corrected chi connectivity index (χ1v) is 8.33. The molecule has 4 heteroatoms. The van der Waals surface area contributed by atoms with Crippen LogP contribution in [0.15, 0.2) is 48.5 Å². The van der Waals surface area contributed by atoms with E-state index >= 15 is 0 Å². The van der Waals surface area contributed by atoms with Crippen LogP contribution in [0.2, 0.25) is 0 Å². The lowest BCUT2D eigenvalue weighted by molar-refractivity contribution is 0.263. The molecule has 2 atom stereocenters. The molecule has 0 spiro atoms. The average molecular weight is 322 g/mol. The van der Waals surface area contributed by atoms with Gasteiger partial charge in [-0.05, 0) is 42.3 Å². The molecule has 24 heavy (non-hydrogen) atoms. The van der Waals surface area contributed by atoms with Gasteiger partial charge in [0.15, 0.2) is 0 Å². The molecule has 2 radical (unpaired) electrons. The number of epoxide rings is 1. The van der Waals surface area contributed by atoms with Crippen LogP contribution in [-0.4, -0.2) is 33.2 Å². The maximum Gasteiger partial charge on any atom is 0.126 e. The normalized spacial score (nSPS) is 18.0. The van der Waals surface area contributed by atoms with E-state index in [1.165, 1.54) is 11.1 Å². The summed E-state index contributed by atoms with van der Waals surface area (Å²) in [5.74, 6) is 1.67. The van der Waals surface area contributed by atoms with Crippen molar-refractivity contribution in [2.75, 3.05) is 13.2 Å². The fourth-order valence-corrected chi connectivity index (χ4v) is 2.65. The summed E-state index contributed by atoms with van der Waals surface area (Å²) in [6.07, 6.45) is 0.276. The summed E-state index contributed by atoms with van der Waals surface area (Å²) >= 11 is 0. The summed E-state index contributed by atoms with van der Waals surface area (Å²) < 4.78 is 16.4. The van der Waals surface area contributed by atoms with Crippen molar-refractivity contribution in [1.29, 1.82) is 0 Å². The fourth-order valence-electron chi connectivity index (χ4n) is 2.65. The van der Waals surface area contributed by atoms with Gasteiger partial charge in [-0.1, -0.05) is 38.1 Å². The van der Waals surface area contributed by atoms with E-state index in [0.717, 1.165) is 18.1 Å². The molecule has 1 heterocycles. The molecule has 3 rings (SSSR count). The Morgan fingerprint density at radius 3 is 2.00 bits per heavy atom. The van der Waals surface area contributed by atoms with E-state index in [1.807, 2.05) is 31.2 Å². The molecule has 0 amide bonds. The van der Waals surface area contributed by atoms with Gasteiger partial charge in [-0.2, -0.15) is 0 Å². The third-order valence-electron chi connectivity index (χ3n) is 4.31. The number of hydrogen-bond donors (Lipinski definition) is 0. The van der Waals surface area contributed by atoms with E-state index in [0.29, 0.717) is 6.61 Å². The predicted octanol–water partition coefficient (Wildman–Crippen LogP) is 3.68. The zero-order valence-electron chi connectivity index (χ0n) is 14.5. The van der Waals surface area contributed by atoms with Gasteiger partial charge in [-0.15, -0.1) is 0 Å². The number of hydrogen-bond acceptors (Lipinski definition) is 3. The van der Waals surface area contributed by atoms with Gasteiger partial charge < -0.3 is 14.2 Å². The highest BCUT2D eigenvalue weighted by Gasteiger charge is 2.24. The minimum Gasteiger partial charge on any atom is -0.501 e. The van der Waals surface area contributed by atoms with Crippen LogP contribution >= 0.6 is 0 Å². The lowest BCUT2D eigenvalue weighted by Crippen LogP contribution is -2.19. The second-order valence-corrected chi connectivity index (χ2v) is 6.76. The highest BCUT2D eigenvalue weighted by atomic mass is 16.6. The molecule has 1 fully saturated rings. The molecule has 2 aromatic carbocycles. The molecule has 0 aromatic heterocycles. The molecule has 0 saturated carbocycles. The molecule has 124 valence electrons. The Morgan fingerprint density at radius 1 is 1.04 bits per heavy atom.